The van der Waals surface area contributed by atoms with Crippen molar-refractivity contribution in [2.45, 2.75) is 26.8 Å². The molecule has 244 valence electrons. The third-order valence-electron chi connectivity index (χ3n) is 8.40. The van der Waals surface area contributed by atoms with Crippen molar-refractivity contribution in [1.82, 2.24) is 34.0 Å². The van der Waals surface area contributed by atoms with E-state index in [0.717, 1.165) is 15.6 Å². The first-order valence-electron chi connectivity index (χ1n) is 15.3. The zero-order chi connectivity index (χ0) is 33.5. The van der Waals surface area contributed by atoms with E-state index in [-0.39, 0.29) is 48.3 Å². The van der Waals surface area contributed by atoms with Crippen molar-refractivity contribution in [3.8, 4) is 17.1 Å². The maximum atomic E-state index is 14.2. The average molecular weight is 684 g/mol. The van der Waals surface area contributed by atoms with E-state index in [4.69, 9.17) is 16.6 Å². The highest BCUT2D eigenvalue weighted by atomic mass is 35.5. The van der Waals surface area contributed by atoms with E-state index in [1.807, 2.05) is 65.7 Å². The second kappa shape index (κ2) is 12.7. The van der Waals surface area contributed by atoms with Gasteiger partial charge in [-0.05, 0) is 42.3 Å². The van der Waals surface area contributed by atoms with E-state index < -0.39 is 5.91 Å². The Bertz CT molecular complexity index is 2260. The van der Waals surface area contributed by atoms with Crippen molar-refractivity contribution in [2.24, 2.45) is 0 Å². The lowest BCUT2D eigenvalue weighted by Crippen LogP contribution is -2.51. The molecule has 0 spiro atoms. The number of hydrogen-bond donors (Lipinski definition) is 2. The first-order chi connectivity index (χ1) is 23.2. The molecule has 5 heterocycles. The SMILES string of the molecule is CCc1c(N2CCN(C(=O)c3ncnc(C)c3O)CC2)c(=O)n2nc(-c3ccccc3)nc2n1CC(=O)Nc1cc2ccsc2cc1Cl. The number of amides is 2. The third kappa shape index (κ3) is 5.62. The number of aromatic hydroxyl groups is 1. The van der Waals surface area contributed by atoms with Crippen LogP contribution in [0, 0.1) is 6.92 Å². The summed E-state index contributed by atoms with van der Waals surface area (Å²) in [6.07, 6.45) is 1.66. The van der Waals surface area contributed by atoms with E-state index in [1.54, 1.807) is 27.7 Å². The van der Waals surface area contributed by atoms with E-state index in [9.17, 15) is 19.5 Å². The summed E-state index contributed by atoms with van der Waals surface area (Å²) >= 11 is 8.10. The molecule has 1 fully saturated rings. The molecule has 1 aliphatic rings. The highest BCUT2D eigenvalue weighted by Crippen LogP contribution is 2.31. The summed E-state index contributed by atoms with van der Waals surface area (Å²) in [4.78, 5) is 57.3. The number of thiophene rings is 1. The fraction of sp³-hybridized carbons (Fsp3) is 0.242. The number of aryl methyl sites for hydroxylation is 1. The zero-order valence-corrected chi connectivity index (χ0v) is 27.6. The molecular formula is C33H30ClN9O4S. The lowest BCUT2D eigenvalue weighted by Gasteiger charge is -2.36. The minimum atomic E-state index is -0.416. The second-order valence-corrected chi connectivity index (χ2v) is 12.7. The Kier molecular flexibility index (Phi) is 8.27. The van der Waals surface area contributed by atoms with Gasteiger partial charge in [0.2, 0.25) is 11.7 Å². The Labute approximate surface area is 283 Å². The first-order valence-corrected chi connectivity index (χ1v) is 16.6. The van der Waals surface area contributed by atoms with Gasteiger partial charge >= 0.3 is 0 Å². The maximum absolute atomic E-state index is 14.2. The van der Waals surface area contributed by atoms with E-state index >= 15 is 0 Å². The molecule has 6 aromatic rings. The first kappa shape index (κ1) is 31.3. The van der Waals surface area contributed by atoms with Gasteiger partial charge in [-0.15, -0.1) is 16.4 Å². The number of aromatic nitrogens is 6. The molecule has 0 atom stereocenters. The van der Waals surface area contributed by atoms with Crippen LogP contribution in [0.4, 0.5) is 11.4 Å². The Morgan fingerprint density at radius 1 is 1.06 bits per heavy atom. The molecule has 2 amide bonds. The van der Waals surface area contributed by atoms with Crippen molar-refractivity contribution < 1.29 is 14.7 Å². The predicted molar refractivity (Wildman–Crippen MR) is 184 cm³/mol. The van der Waals surface area contributed by atoms with Crippen molar-refractivity contribution in [1.29, 1.82) is 0 Å². The minimum absolute atomic E-state index is 0.0608. The number of carbonyl (C=O) groups excluding carboxylic acids is 2. The molecule has 15 heteroatoms. The molecule has 13 nitrogen and oxygen atoms in total. The predicted octanol–water partition coefficient (Wildman–Crippen LogP) is 4.39. The summed E-state index contributed by atoms with van der Waals surface area (Å²) in [5.74, 6) is -0.431. The van der Waals surface area contributed by atoms with Gasteiger partial charge in [0.15, 0.2) is 17.3 Å². The van der Waals surface area contributed by atoms with Crippen LogP contribution < -0.4 is 15.8 Å². The number of anilines is 2. The van der Waals surface area contributed by atoms with Crippen LogP contribution in [0.2, 0.25) is 5.02 Å². The average Bonchev–Trinajstić information content (AvgIpc) is 3.75. The fourth-order valence-electron chi connectivity index (χ4n) is 5.96. The molecule has 0 aliphatic carbocycles. The number of nitrogens with one attached hydrogen (secondary N) is 1. The third-order valence-corrected chi connectivity index (χ3v) is 9.59. The van der Waals surface area contributed by atoms with Crippen LogP contribution in [-0.2, 0) is 17.8 Å². The molecule has 0 radical (unpaired) electrons. The fourth-order valence-corrected chi connectivity index (χ4v) is 7.04. The number of fused-ring (bicyclic) bond motifs is 2. The molecule has 1 aliphatic heterocycles. The van der Waals surface area contributed by atoms with Gasteiger partial charge in [0.05, 0.1) is 22.1 Å². The minimum Gasteiger partial charge on any atom is -0.504 e. The number of hydrogen-bond acceptors (Lipinski definition) is 10. The summed E-state index contributed by atoms with van der Waals surface area (Å²) in [5, 5.41) is 21.3. The van der Waals surface area contributed by atoms with Gasteiger partial charge in [0.25, 0.3) is 11.5 Å². The Hall–Kier alpha value is -5.34. The quantitative estimate of drug-likeness (QED) is 0.250. The Morgan fingerprint density at radius 2 is 1.83 bits per heavy atom. The van der Waals surface area contributed by atoms with E-state index in [0.29, 0.717) is 53.1 Å². The summed E-state index contributed by atoms with van der Waals surface area (Å²) in [7, 11) is 0. The summed E-state index contributed by atoms with van der Waals surface area (Å²) in [6.45, 7) is 4.57. The molecule has 0 bridgehead atoms. The van der Waals surface area contributed by atoms with Crippen molar-refractivity contribution in [3.63, 3.8) is 0 Å². The number of benzene rings is 2. The van der Waals surface area contributed by atoms with Gasteiger partial charge in [0, 0.05) is 36.4 Å². The van der Waals surface area contributed by atoms with Crippen LogP contribution in [0.15, 0.2) is 65.0 Å². The number of rotatable bonds is 7. The van der Waals surface area contributed by atoms with E-state index in [2.05, 4.69) is 20.4 Å². The molecule has 4 aromatic heterocycles. The number of carbonyl (C=O) groups is 2. The smallest absolute Gasteiger partial charge is 0.299 e. The van der Waals surface area contributed by atoms with Crippen LogP contribution in [-0.4, -0.2) is 77.1 Å². The standard InChI is InChI=1S/C33H30ClN9O4S/c1-3-24-28(40-10-12-41(13-11-40)31(46)27-29(45)19(2)35-18-36-27)32(47)43-33(38-30(39-43)20-7-5-4-6-8-20)42(24)17-26(44)37-23-15-21-9-14-48-25(21)16-22(23)34/h4-9,14-16,18,45H,3,10-13,17H2,1-2H3,(H,37,44). The molecule has 48 heavy (non-hydrogen) atoms. The maximum Gasteiger partial charge on any atom is 0.299 e. The molecule has 0 saturated carbocycles. The van der Waals surface area contributed by atoms with Crippen LogP contribution in [0.3, 0.4) is 0 Å². The van der Waals surface area contributed by atoms with Crippen LogP contribution in [0.5, 0.6) is 5.75 Å². The Morgan fingerprint density at radius 3 is 2.58 bits per heavy atom. The molecule has 0 unspecified atom stereocenters. The van der Waals surface area contributed by atoms with Crippen molar-refractivity contribution in [3.05, 3.63) is 92.7 Å². The molecular weight excluding hydrogens is 654 g/mol. The van der Waals surface area contributed by atoms with E-state index in [1.165, 1.54) is 10.8 Å². The monoisotopic (exact) mass is 683 g/mol. The van der Waals surface area contributed by atoms with Crippen LogP contribution in [0.25, 0.3) is 27.3 Å². The van der Waals surface area contributed by atoms with Gasteiger partial charge in [-0.3, -0.25) is 14.4 Å². The van der Waals surface area contributed by atoms with Crippen molar-refractivity contribution in [2.75, 3.05) is 36.4 Å². The van der Waals surface area contributed by atoms with Gasteiger partial charge < -0.3 is 24.8 Å². The van der Waals surface area contributed by atoms with Crippen LogP contribution in [0.1, 0.15) is 28.8 Å². The summed E-state index contributed by atoms with van der Waals surface area (Å²) < 4.78 is 3.98. The molecule has 1 saturated heterocycles. The Balaban J connectivity index is 1.25. The lowest BCUT2D eigenvalue weighted by molar-refractivity contribution is -0.116. The lowest BCUT2D eigenvalue weighted by atomic mass is 10.2. The number of piperazine rings is 1. The van der Waals surface area contributed by atoms with Gasteiger partial charge in [-0.1, -0.05) is 48.9 Å². The van der Waals surface area contributed by atoms with Gasteiger partial charge in [-0.25, -0.2) is 9.97 Å². The van der Waals surface area contributed by atoms with Crippen molar-refractivity contribution >= 4 is 62.0 Å². The highest BCUT2D eigenvalue weighted by Gasteiger charge is 2.30. The normalized spacial score (nSPS) is 13.4. The van der Waals surface area contributed by atoms with Gasteiger partial charge in [-0.2, -0.15) is 9.50 Å². The zero-order valence-electron chi connectivity index (χ0n) is 26.1. The molecule has 2 aromatic carbocycles. The number of halogens is 1. The number of nitrogens with zero attached hydrogens (tertiary/aromatic N) is 8. The van der Waals surface area contributed by atoms with Gasteiger partial charge in [0.1, 0.15) is 18.6 Å². The summed E-state index contributed by atoms with van der Waals surface area (Å²) in [5.41, 5.74) is 2.08. The largest absolute Gasteiger partial charge is 0.504 e. The molecule has 7 rings (SSSR count). The molecule has 2 N–H and O–H groups in total. The topological polar surface area (TPSA) is 151 Å². The highest BCUT2D eigenvalue weighted by molar-refractivity contribution is 7.17. The second-order valence-electron chi connectivity index (χ2n) is 11.3. The summed E-state index contributed by atoms with van der Waals surface area (Å²) in [6, 6.07) is 14.9. The van der Waals surface area contributed by atoms with Crippen LogP contribution >= 0.6 is 22.9 Å².